The molecule has 3 aromatic rings. The summed E-state index contributed by atoms with van der Waals surface area (Å²) in [4.78, 5) is 60.1. The highest BCUT2D eigenvalue weighted by Crippen LogP contribution is 2.25. The summed E-state index contributed by atoms with van der Waals surface area (Å²) < 4.78 is 11.7. The number of rotatable bonds is 6. The van der Waals surface area contributed by atoms with Gasteiger partial charge in [0.2, 0.25) is 5.91 Å². The number of nitrogens with one attached hydrogen (secondary N) is 1. The second-order valence-electron chi connectivity index (χ2n) is 14.2. The SMILES string of the molecule is CCCN1CCCCOc2ccc(cc2)CC(C(O)C2C(=O)N(Cc3ccccc3)CCN2C(=O)OC(C)(C)C)NC(=O)c2cccc(c2)C1=O. The van der Waals surface area contributed by atoms with Gasteiger partial charge in [0.25, 0.3) is 11.8 Å². The molecule has 0 spiro atoms. The third-order valence-electron chi connectivity index (χ3n) is 9.03. The molecule has 6 rings (SSSR count). The minimum absolute atomic E-state index is 0.125. The lowest BCUT2D eigenvalue weighted by atomic mass is 9.92. The van der Waals surface area contributed by atoms with Crippen molar-refractivity contribution in [1.82, 2.24) is 20.0 Å². The molecule has 4 amide bonds. The molecule has 3 aromatic carbocycles. The zero-order chi connectivity index (χ0) is 36.5. The van der Waals surface area contributed by atoms with E-state index in [2.05, 4.69) is 5.32 Å². The van der Waals surface area contributed by atoms with Crippen LogP contribution in [0.1, 0.15) is 78.8 Å². The van der Waals surface area contributed by atoms with Gasteiger partial charge in [-0.15, -0.1) is 0 Å². The number of hydrogen-bond acceptors (Lipinski definition) is 7. The zero-order valence-electron chi connectivity index (χ0n) is 30.0. The number of carbonyl (C=O) groups excluding carboxylic acids is 4. The Balaban J connectivity index is 1.51. The third kappa shape index (κ3) is 9.88. The van der Waals surface area contributed by atoms with Gasteiger partial charge in [0.1, 0.15) is 23.5 Å². The minimum atomic E-state index is -1.53. The molecule has 1 fully saturated rings. The second-order valence-corrected chi connectivity index (χ2v) is 14.2. The summed E-state index contributed by atoms with van der Waals surface area (Å²) in [7, 11) is 0. The van der Waals surface area contributed by atoms with Crippen LogP contribution < -0.4 is 10.1 Å². The van der Waals surface area contributed by atoms with Crippen molar-refractivity contribution >= 4 is 23.8 Å². The van der Waals surface area contributed by atoms with Crippen LogP contribution in [-0.4, -0.2) is 100 Å². The molecule has 2 N–H and O–H groups in total. The van der Waals surface area contributed by atoms with Gasteiger partial charge in [0.05, 0.1) is 12.6 Å². The Kier molecular flexibility index (Phi) is 12.4. The molecule has 0 saturated carbocycles. The Bertz CT molecular complexity index is 1660. The molecule has 0 aliphatic carbocycles. The van der Waals surface area contributed by atoms with Gasteiger partial charge in [0.15, 0.2) is 0 Å². The fraction of sp³-hybridized carbons (Fsp3) is 0.450. The molecule has 3 unspecified atom stereocenters. The van der Waals surface area contributed by atoms with Gasteiger partial charge in [-0.05, 0) is 87.9 Å². The van der Waals surface area contributed by atoms with Crippen molar-refractivity contribution in [2.24, 2.45) is 0 Å². The number of benzene rings is 3. The van der Waals surface area contributed by atoms with Gasteiger partial charge in [-0.3, -0.25) is 19.3 Å². The van der Waals surface area contributed by atoms with E-state index in [1.54, 1.807) is 54.8 Å². The van der Waals surface area contributed by atoms with E-state index in [0.717, 1.165) is 30.4 Å². The molecular weight excluding hydrogens is 648 g/mol. The van der Waals surface area contributed by atoms with Crippen molar-refractivity contribution < 1.29 is 33.8 Å². The van der Waals surface area contributed by atoms with E-state index in [1.165, 1.54) is 4.90 Å². The largest absolute Gasteiger partial charge is 0.494 e. The number of aliphatic hydroxyl groups excluding tert-OH is 1. The van der Waals surface area contributed by atoms with Crippen LogP contribution >= 0.6 is 0 Å². The first-order valence-corrected chi connectivity index (χ1v) is 17.9. The molecule has 272 valence electrons. The topological polar surface area (TPSA) is 129 Å². The van der Waals surface area contributed by atoms with Crippen molar-refractivity contribution in [3.05, 3.63) is 101 Å². The maximum Gasteiger partial charge on any atom is 0.411 e. The lowest BCUT2D eigenvalue weighted by Crippen LogP contribution is -2.66. The van der Waals surface area contributed by atoms with E-state index in [-0.39, 0.29) is 31.0 Å². The van der Waals surface area contributed by atoms with Crippen molar-refractivity contribution in [1.29, 1.82) is 0 Å². The van der Waals surface area contributed by atoms with Gasteiger partial charge in [-0.2, -0.15) is 0 Å². The summed E-state index contributed by atoms with van der Waals surface area (Å²) in [6.45, 7) is 9.52. The maximum atomic E-state index is 14.3. The number of nitrogens with zero attached hydrogens (tertiary/aromatic N) is 3. The van der Waals surface area contributed by atoms with Crippen molar-refractivity contribution in [2.45, 2.75) is 83.7 Å². The third-order valence-corrected chi connectivity index (χ3v) is 9.03. The predicted molar refractivity (Wildman–Crippen MR) is 193 cm³/mol. The quantitative estimate of drug-likeness (QED) is 0.368. The maximum absolute atomic E-state index is 14.3. The molecule has 11 nitrogen and oxygen atoms in total. The van der Waals surface area contributed by atoms with Crippen LogP contribution in [-0.2, 0) is 22.5 Å². The van der Waals surface area contributed by atoms with E-state index in [1.807, 2.05) is 61.5 Å². The molecule has 51 heavy (non-hydrogen) atoms. The molecule has 1 saturated heterocycles. The van der Waals surface area contributed by atoms with Gasteiger partial charge in [-0.1, -0.05) is 55.5 Å². The Labute approximate surface area is 300 Å². The first kappa shape index (κ1) is 37.4. The lowest BCUT2D eigenvalue weighted by Gasteiger charge is -2.44. The van der Waals surface area contributed by atoms with Crippen LogP contribution in [0.5, 0.6) is 5.75 Å². The molecule has 3 heterocycles. The van der Waals surface area contributed by atoms with Crippen LogP contribution in [0.15, 0.2) is 78.9 Å². The predicted octanol–water partition coefficient (Wildman–Crippen LogP) is 5.06. The summed E-state index contributed by atoms with van der Waals surface area (Å²) in [6.07, 6.45) is 0.204. The molecule has 3 aliphatic heterocycles. The molecule has 0 aromatic heterocycles. The number of hydrogen-bond donors (Lipinski definition) is 2. The van der Waals surface area contributed by atoms with Crippen molar-refractivity contribution in [3.8, 4) is 5.75 Å². The van der Waals surface area contributed by atoms with Gasteiger partial charge in [0, 0.05) is 43.9 Å². The van der Waals surface area contributed by atoms with E-state index in [0.29, 0.717) is 37.6 Å². The normalized spacial score (nSPS) is 19.9. The monoisotopic (exact) mass is 698 g/mol. The van der Waals surface area contributed by atoms with Crippen LogP contribution in [0.2, 0.25) is 0 Å². The second kappa shape index (κ2) is 16.9. The van der Waals surface area contributed by atoms with Crippen LogP contribution in [0, 0.1) is 0 Å². The van der Waals surface area contributed by atoms with Crippen LogP contribution in [0.25, 0.3) is 0 Å². The Morgan fingerprint density at radius 1 is 0.922 bits per heavy atom. The highest BCUT2D eigenvalue weighted by atomic mass is 16.6. The van der Waals surface area contributed by atoms with Gasteiger partial charge >= 0.3 is 6.09 Å². The number of fused-ring (bicyclic) bond motifs is 11. The zero-order valence-corrected chi connectivity index (χ0v) is 30.0. The number of carbonyl (C=O) groups is 4. The fourth-order valence-electron chi connectivity index (χ4n) is 6.47. The van der Waals surface area contributed by atoms with Crippen molar-refractivity contribution in [2.75, 3.05) is 32.8 Å². The first-order chi connectivity index (χ1) is 24.4. The smallest absolute Gasteiger partial charge is 0.411 e. The lowest BCUT2D eigenvalue weighted by molar-refractivity contribution is -0.148. The van der Waals surface area contributed by atoms with Crippen LogP contribution in [0.4, 0.5) is 4.79 Å². The highest BCUT2D eigenvalue weighted by molar-refractivity contribution is 6.00. The van der Waals surface area contributed by atoms with E-state index < -0.39 is 41.7 Å². The van der Waals surface area contributed by atoms with Gasteiger partial charge in [-0.25, -0.2) is 4.79 Å². The standard InChI is InChI=1S/C40H50N4O7/c1-5-20-42-21-9-10-24-50-32-18-16-28(17-19-32)25-33(41-36(46)30-14-11-15-31(26-30)37(42)47)35(45)34-38(48)43(27-29-12-7-6-8-13-29)22-23-44(34)39(49)51-40(2,3)4/h6-8,11-19,26,33-35,45H,5,9-10,20-25,27H2,1-4H3,(H,41,46). The fourth-order valence-corrected chi connectivity index (χ4v) is 6.47. The number of ether oxygens (including phenoxy) is 2. The van der Waals surface area contributed by atoms with Crippen LogP contribution in [0.3, 0.4) is 0 Å². The van der Waals surface area contributed by atoms with E-state index in [9.17, 15) is 24.3 Å². The van der Waals surface area contributed by atoms with Gasteiger partial charge < -0.3 is 29.7 Å². The molecule has 11 heteroatoms. The molecule has 3 atom stereocenters. The Morgan fingerprint density at radius 2 is 1.65 bits per heavy atom. The number of aliphatic hydroxyl groups is 1. The summed E-state index contributed by atoms with van der Waals surface area (Å²) in [6, 6.07) is 21.1. The molecular formula is C40H50N4O7. The van der Waals surface area contributed by atoms with E-state index in [4.69, 9.17) is 9.47 Å². The minimum Gasteiger partial charge on any atom is -0.494 e. The number of amides is 4. The summed E-state index contributed by atoms with van der Waals surface area (Å²) in [5, 5.41) is 15.2. The average Bonchev–Trinajstić information content (AvgIpc) is 3.11. The summed E-state index contributed by atoms with van der Waals surface area (Å²) in [5.74, 6) is -0.471. The average molecular weight is 699 g/mol. The molecule has 3 aliphatic rings. The Hall–Kier alpha value is -4.90. The summed E-state index contributed by atoms with van der Waals surface area (Å²) in [5.41, 5.74) is 1.47. The Morgan fingerprint density at radius 3 is 2.35 bits per heavy atom. The summed E-state index contributed by atoms with van der Waals surface area (Å²) >= 11 is 0. The van der Waals surface area contributed by atoms with Crippen molar-refractivity contribution in [3.63, 3.8) is 0 Å². The molecule has 4 bridgehead atoms. The number of piperazine rings is 1. The first-order valence-electron chi connectivity index (χ1n) is 17.9. The molecule has 0 radical (unpaired) electrons. The highest BCUT2D eigenvalue weighted by Gasteiger charge is 2.46. The van der Waals surface area contributed by atoms with E-state index >= 15 is 0 Å².